The van der Waals surface area contributed by atoms with Crippen LogP contribution in [-0.2, 0) is 33.6 Å². The van der Waals surface area contributed by atoms with Crippen LogP contribution in [0.1, 0.15) is 101 Å². The van der Waals surface area contributed by atoms with Crippen molar-refractivity contribution in [2.75, 3.05) is 77.4 Å². The van der Waals surface area contributed by atoms with Gasteiger partial charge in [0.25, 0.3) is 11.8 Å². The molecule has 0 spiro atoms. The minimum atomic E-state index is -0.944. The molecule has 0 saturated carbocycles. The second-order valence-electron chi connectivity index (χ2n) is 23.2. The van der Waals surface area contributed by atoms with E-state index in [0.29, 0.717) is 79.7 Å². The SMILES string of the molecule is COc1cc(C)c(/N=C\C2CC(c3ccc(N4CCN(C)CC4)cc3)=CN2C=O)cc1OCCCCCOc1cc(/N=C\C2CC(c3cccc(NC(=O)[C@H](C)NC(=O)C(NC(=O)CCCCCN4C(=O)C=CC4=O)C(C)C)c3)=CN2C=O)c(C)cc1OC. The predicted octanol–water partition coefficient (Wildman–Crippen LogP) is 8.72. The molecule has 4 aromatic carbocycles. The molecular weight excluding hydrogens is 1130 g/mol. The number of hydrogen-bond donors (Lipinski definition) is 3. The van der Waals surface area contributed by atoms with Crippen molar-refractivity contribution < 1.29 is 52.5 Å². The van der Waals surface area contributed by atoms with Gasteiger partial charge in [-0.2, -0.15) is 0 Å². The lowest BCUT2D eigenvalue weighted by atomic mass is 10.0. The van der Waals surface area contributed by atoms with Crippen LogP contribution in [0.2, 0.25) is 0 Å². The molecule has 0 radical (unpaired) electrons. The number of methoxy groups -OCH3 is 2. The number of carbonyl (C=O) groups excluding carboxylic acids is 7. The maximum absolute atomic E-state index is 13.4. The van der Waals surface area contributed by atoms with Crippen molar-refractivity contribution >= 4 is 88.7 Å². The van der Waals surface area contributed by atoms with Crippen molar-refractivity contribution in [3.05, 3.63) is 120 Å². The summed E-state index contributed by atoms with van der Waals surface area (Å²) in [6, 6.07) is 20.9. The summed E-state index contributed by atoms with van der Waals surface area (Å²) >= 11 is 0. The minimum Gasteiger partial charge on any atom is -0.493 e. The number of imide groups is 1. The molecule has 4 heterocycles. The first-order valence-corrected chi connectivity index (χ1v) is 30.6. The molecule has 7 amide bonds. The summed E-state index contributed by atoms with van der Waals surface area (Å²) < 4.78 is 23.9. The number of carbonyl (C=O) groups is 7. The van der Waals surface area contributed by atoms with Crippen LogP contribution in [0, 0.1) is 19.8 Å². The molecule has 21 nitrogen and oxygen atoms in total. The number of anilines is 2. The molecule has 0 aliphatic carbocycles. The molecule has 89 heavy (non-hydrogen) atoms. The molecule has 21 heteroatoms. The number of benzene rings is 4. The second kappa shape index (κ2) is 31.7. The fourth-order valence-corrected chi connectivity index (χ4v) is 10.9. The normalized spacial score (nSPS) is 17.5. The molecule has 4 atom stereocenters. The highest BCUT2D eigenvalue weighted by Crippen LogP contribution is 2.38. The molecule has 4 aliphatic rings. The van der Waals surface area contributed by atoms with Crippen LogP contribution in [0.15, 0.2) is 107 Å². The Hall–Kier alpha value is -9.11. The third-order valence-electron chi connectivity index (χ3n) is 16.3. The van der Waals surface area contributed by atoms with Gasteiger partial charge in [-0.3, -0.25) is 48.4 Å². The minimum absolute atomic E-state index is 0.159. The van der Waals surface area contributed by atoms with E-state index in [2.05, 4.69) is 57.1 Å². The first-order valence-electron chi connectivity index (χ1n) is 30.6. The van der Waals surface area contributed by atoms with Crippen molar-refractivity contribution in [2.45, 2.75) is 117 Å². The van der Waals surface area contributed by atoms with Crippen LogP contribution in [-0.4, -0.2) is 166 Å². The molecule has 3 N–H and O–H groups in total. The average molecular weight is 1220 g/mol. The Bertz CT molecular complexity index is 3330. The molecule has 3 unspecified atom stereocenters. The Morgan fingerprint density at radius 2 is 1.19 bits per heavy atom. The first-order chi connectivity index (χ1) is 42.9. The van der Waals surface area contributed by atoms with Crippen LogP contribution in [0.3, 0.4) is 0 Å². The number of nitrogens with one attached hydrogen (secondary N) is 3. The van der Waals surface area contributed by atoms with E-state index in [9.17, 15) is 33.6 Å². The molecule has 472 valence electrons. The second-order valence-corrected chi connectivity index (χ2v) is 23.2. The van der Waals surface area contributed by atoms with Crippen LogP contribution in [0.4, 0.5) is 22.7 Å². The largest absolute Gasteiger partial charge is 0.493 e. The highest BCUT2D eigenvalue weighted by atomic mass is 16.5. The van der Waals surface area contributed by atoms with Crippen LogP contribution < -0.4 is 39.8 Å². The van der Waals surface area contributed by atoms with Crippen molar-refractivity contribution in [3.63, 3.8) is 0 Å². The van der Waals surface area contributed by atoms with E-state index in [0.717, 1.165) is 97.3 Å². The van der Waals surface area contributed by atoms with Gasteiger partial charge < -0.3 is 54.5 Å². The van der Waals surface area contributed by atoms with Crippen molar-refractivity contribution in [1.29, 1.82) is 0 Å². The van der Waals surface area contributed by atoms with Gasteiger partial charge in [0, 0.05) is 112 Å². The van der Waals surface area contributed by atoms with Gasteiger partial charge in [-0.05, 0) is 136 Å². The van der Waals surface area contributed by atoms with Crippen molar-refractivity contribution in [1.82, 2.24) is 30.2 Å². The molecule has 4 aromatic rings. The zero-order valence-corrected chi connectivity index (χ0v) is 52.4. The summed E-state index contributed by atoms with van der Waals surface area (Å²) in [5.74, 6) is 0.0886. The number of aryl methyl sites for hydroxylation is 2. The lowest BCUT2D eigenvalue weighted by molar-refractivity contribution is -0.137. The fourth-order valence-electron chi connectivity index (χ4n) is 10.9. The van der Waals surface area contributed by atoms with Gasteiger partial charge >= 0.3 is 0 Å². The summed E-state index contributed by atoms with van der Waals surface area (Å²) in [5.41, 5.74) is 8.66. The lowest BCUT2D eigenvalue weighted by Gasteiger charge is -2.34. The van der Waals surface area contributed by atoms with Gasteiger partial charge in [-0.25, -0.2) is 0 Å². The molecule has 1 saturated heterocycles. The zero-order valence-electron chi connectivity index (χ0n) is 52.4. The van der Waals surface area contributed by atoms with Gasteiger partial charge in [0.15, 0.2) is 23.0 Å². The monoisotopic (exact) mass is 1220 g/mol. The van der Waals surface area contributed by atoms with Crippen LogP contribution in [0.5, 0.6) is 23.0 Å². The highest BCUT2D eigenvalue weighted by molar-refractivity contribution is 6.12. The summed E-state index contributed by atoms with van der Waals surface area (Å²) in [6.07, 6.45) is 16.6. The van der Waals surface area contributed by atoms with E-state index in [-0.39, 0.29) is 42.6 Å². The summed E-state index contributed by atoms with van der Waals surface area (Å²) in [6.45, 7) is 14.3. The molecule has 0 aromatic heterocycles. The smallest absolute Gasteiger partial charge is 0.253 e. The molecule has 1 fully saturated rings. The molecule has 0 bridgehead atoms. The van der Waals surface area contributed by atoms with Gasteiger partial charge in [0.2, 0.25) is 30.5 Å². The number of likely N-dealkylation sites (N-methyl/N-ethyl adjacent to an activating group) is 1. The van der Waals surface area contributed by atoms with Crippen molar-refractivity contribution in [3.8, 4) is 23.0 Å². The quantitative estimate of drug-likeness (QED) is 0.0185. The average Bonchev–Trinajstić information content (AvgIpc) is 4.24. The Labute approximate surface area is 521 Å². The Morgan fingerprint density at radius 3 is 1.73 bits per heavy atom. The van der Waals surface area contributed by atoms with Gasteiger partial charge in [-0.1, -0.05) is 44.5 Å². The summed E-state index contributed by atoms with van der Waals surface area (Å²) in [4.78, 5) is 107. The maximum Gasteiger partial charge on any atom is 0.253 e. The number of amides is 7. The van der Waals surface area contributed by atoms with Gasteiger partial charge in [-0.15, -0.1) is 0 Å². The standard InChI is InChI=1S/C68H84N10O11/c1-45(2)66(73-63(81)18-11-9-12-25-78-64(82)23-24-65(78)83)68(85)71-48(5)67(84)72-53-17-15-16-50(34-53)52-36-56(77(42-52)44-80)40-70-58-38-62(60(87-8)33-47(58)4)89-31-14-10-13-30-88-61-37-57(46(3)32-59(61)86-7)69-39-55-35-51(41-76(55)43-79)49-19-21-54(22-20-49)75-28-26-74(6)27-29-75/h15-17,19-24,32-34,37-45,48,55-56,66H,9-14,18,25-31,35-36H2,1-8H3,(H,71,85)(H,72,84)(H,73,81)/b69-39-,70-40-/t48-,55?,56?,66?/m0/s1. The van der Waals surface area contributed by atoms with Crippen LogP contribution >= 0.6 is 0 Å². The van der Waals surface area contributed by atoms with E-state index in [4.69, 9.17) is 28.9 Å². The third kappa shape index (κ3) is 17.8. The molecular formula is C68H84N10O11. The van der Waals surface area contributed by atoms with E-state index in [1.54, 1.807) is 75.4 Å². The van der Waals surface area contributed by atoms with Gasteiger partial charge in [0.1, 0.15) is 12.1 Å². The fraction of sp³-hybridized carbons (Fsp3) is 0.426. The van der Waals surface area contributed by atoms with E-state index in [1.165, 1.54) is 22.7 Å². The number of rotatable bonds is 31. The number of piperazine rings is 1. The summed E-state index contributed by atoms with van der Waals surface area (Å²) in [7, 11) is 5.36. The Morgan fingerprint density at radius 1 is 0.640 bits per heavy atom. The maximum atomic E-state index is 13.4. The van der Waals surface area contributed by atoms with Gasteiger partial charge in [0.05, 0.1) is 50.9 Å². The zero-order chi connectivity index (χ0) is 63.6. The third-order valence-corrected chi connectivity index (χ3v) is 16.3. The number of hydrogen-bond acceptors (Lipinski definition) is 15. The Kier molecular flexibility index (Phi) is 23.5. The molecule has 4 aliphatic heterocycles. The lowest BCUT2D eigenvalue weighted by Crippen LogP contribution is -2.53. The van der Waals surface area contributed by atoms with Crippen molar-refractivity contribution in [2.24, 2.45) is 15.9 Å². The summed E-state index contributed by atoms with van der Waals surface area (Å²) in [5, 5.41) is 8.41. The predicted molar refractivity (Wildman–Crippen MR) is 345 cm³/mol. The molecule has 8 rings (SSSR count). The first kappa shape index (κ1) is 65.9. The van der Waals surface area contributed by atoms with Crippen LogP contribution in [0.25, 0.3) is 11.1 Å². The van der Waals surface area contributed by atoms with E-state index < -0.39 is 29.9 Å². The van der Waals surface area contributed by atoms with E-state index in [1.807, 2.05) is 56.6 Å². The highest BCUT2D eigenvalue weighted by Gasteiger charge is 2.30. The number of unbranched alkanes of at least 4 members (excludes halogenated alkanes) is 4. The number of nitrogens with zero attached hydrogens (tertiary/aromatic N) is 7. The topological polar surface area (TPSA) is 233 Å². The number of ether oxygens (including phenoxy) is 4. The Balaban J connectivity index is 0.773. The number of aliphatic imine (C=N–C) groups is 2. The van der Waals surface area contributed by atoms with E-state index >= 15 is 0 Å².